The van der Waals surface area contributed by atoms with Crippen molar-refractivity contribution >= 4 is 17.5 Å². The van der Waals surface area contributed by atoms with Crippen LogP contribution in [0.15, 0.2) is 60.7 Å². The maximum absolute atomic E-state index is 14.0. The Kier molecular flexibility index (Phi) is 6.94. The molecule has 0 heterocycles. The Bertz CT molecular complexity index is 1280. The molecule has 2 amide bonds. The van der Waals surface area contributed by atoms with Crippen molar-refractivity contribution < 1.29 is 45.4 Å². The molecule has 3 N–H and O–H groups in total. The molecule has 0 aliphatic carbocycles. The lowest BCUT2D eigenvalue weighted by Crippen LogP contribution is -2.33. The molecule has 0 unspecified atom stereocenters. The van der Waals surface area contributed by atoms with E-state index < -0.39 is 46.6 Å². The van der Waals surface area contributed by atoms with Gasteiger partial charge in [-0.25, -0.2) is 4.39 Å². The van der Waals surface area contributed by atoms with Crippen LogP contribution < -0.4 is 20.5 Å². The SMILES string of the molecule is COc1ccc(Oc2cc(C(F)(F)C(F)(F)F)ccc2C(=O)Nc2cccc(C(N)=O)c2)cc1F. The molecule has 0 radical (unpaired) electrons. The monoisotopic (exact) mass is 498 g/mol. The molecule has 12 heteroatoms. The first-order chi connectivity index (χ1) is 16.3. The molecule has 0 fully saturated rings. The van der Waals surface area contributed by atoms with Gasteiger partial charge in [0.2, 0.25) is 5.91 Å². The van der Waals surface area contributed by atoms with Crippen LogP contribution in [0.25, 0.3) is 0 Å². The summed E-state index contributed by atoms with van der Waals surface area (Å²) >= 11 is 0. The Balaban J connectivity index is 2.04. The van der Waals surface area contributed by atoms with Crippen LogP contribution in [-0.2, 0) is 5.92 Å². The number of methoxy groups -OCH3 is 1. The van der Waals surface area contributed by atoms with Crippen molar-refractivity contribution in [2.45, 2.75) is 12.1 Å². The highest BCUT2D eigenvalue weighted by molar-refractivity contribution is 6.07. The first-order valence-electron chi connectivity index (χ1n) is 9.65. The average molecular weight is 498 g/mol. The minimum absolute atomic E-state index is 0.0492. The molecule has 0 saturated carbocycles. The van der Waals surface area contributed by atoms with Gasteiger partial charge >= 0.3 is 12.1 Å². The number of benzene rings is 3. The first kappa shape index (κ1) is 25.4. The van der Waals surface area contributed by atoms with Crippen LogP contribution in [0.1, 0.15) is 26.3 Å². The van der Waals surface area contributed by atoms with E-state index in [9.17, 15) is 35.9 Å². The minimum atomic E-state index is -5.92. The van der Waals surface area contributed by atoms with Crippen LogP contribution in [0.5, 0.6) is 17.2 Å². The van der Waals surface area contributed by atoms with Gasteiger partial charge in [-0.1, -0.05) is 12.1 Å². The summed E-state index contributed by atoms with van der Waals surface area (Å²) in [4.78, 5) is 24.2. The molecule has 3 aromatic rings. The number of ether oxygens (including phenoxy) is 2. The van der Waals surface area contributed by atoms with Gasteiger partial charge in [0.25, 0.3) is 5.91 Å². The number of anilines is 1. The molecule has 0 bridgehead atoms. The lowest BCUT2D eigenvalue weighted by atomic mass is 10.0. The first-order valence-corrected chi connectivity index (χ1v) is 9.65. The Morgan fingerprint density at radius 3 is 2.23 bits per heavy atom. The second-order valence-electron chi connectivity index (χ2n) is 7.08. The molecule has 3 rings (SSSR count). The maximum atomic E-state index is 14.0. The van der Waals surface area contributed by atoms with E-state index in [0.29, 0.717) is 18.2 Å². The molecule has 3 aromatic carbocycles. The quantitative estimate of drug-likeness (QED) is 0.413. The van der Waals surface area contributed by atoms with Crippen molar-refractivity contribution in [3.05, 3.63) is 83.2 Å². The lowest BCUT2D eigenvalue weighted by molar-refractivity contribution is -0.289. The third-order valence-corrected chi connectivity index (χ3v) is 4.70. The highest BCUT2D eigenvalue weighted by atomic mass is 19.4. The van der Waals surface area contributed by atoms with Crippen LogP contribution >= 0.6 is 0 Å². The van der Waals surface area contributed by atoms with Crippen molar-refractivity contribution in [1.82, 2.24) is 0 Å². The molecule has 0 aromatic heterocycles. The summed E-state index contributed by atoms with van der Waals surface area (Å²) in [6.07, 6.45) is -5.92. The molecule has 0 aliphatic rings. The van der Waals surface area contributed by atoms with Gasteiger partial charge in [0.1, 0.15) is 11.5 Å². The van der Waals surface area contributed by atoms with E-state index in [2.05, 4.69) is 5.32 Å². The summed E-state index contributed by atoms with van der Waals surface area (Å²) in [6, 6.07) is 9.94. The second-order valence-corrected chi connectivity index (χ2v) is 7.08. The maximum Gasteiger partial charge on any atom is 0.458 e. The van der Waals surface area contributed by atoms with Gasteiger partial charge in [0, 0.05) is 22.9 Å². The molecule has 184 valence electrons. The van der Waals surface area contributed by atoms with Gasteiger partial charge in [-0.2, -0.15) is 22.0 Å². The average Bonchev–Trinajstić information content (AvgIpc) is 2.78. The van der Waals surface area contributed by atoms with Crippen LogP contribution in [0.4, 0.5) is 32.0 Å². The summed E-state index contributed by atoms with van der Waals surface area (Å²) < 4.78 is 90.7. The van der Waals surface area contributed by atoms with E-state index in [1.807, 2.05) is 0 Å². The van der Waals surface area contributed by atoms with Crippen LogP contribution in [0, 0.1) is 5.82 Å². The fraction of sp³-hybridized carbons (Fsp3) is 0.130. The molecule has 0 atom stereocenters. The van der Waals surface area contributed by atoms with E-state index in [-0.39, 0.29) is 22.7 Å². The molecule has 0 aliphatic heterocycles. The molecule has 0 spiro atoms. The minimum Gasteiger partial charge on any atom is -0.494 e. The molecule has 0 saturated heterocycles. The number of halogens is 6. The van der Waals surface area contributed by atoms with Gasteiger partial charge in [0.05, 0.1) is 12.7 Å². The zero-order valence-corrected chi connectivity index (χ0v) is 17.8. The number of hydrogen-bond donors (Lipinski definition) is 2. The zero-order chi connectivity index (χ0) is 26.0. The number of amides is 2. The fourth-order valence-electron chi connectivity index (χ4n) is 2.94. The number of carbonyl (C=O) groups excluding carboxylic acids is 2. The highest BCUT2D eigenvalue weighted by Crippen LogP contribution is 2.45. The predicted octanol–water partition coefficient (Wildman–Crippen LogP) is 5.63. The Morgan fingerprint density at radius 2 is 1.63 bits per heavy atom. The normalized spacial score (nSPS) is 11.6. The number of rotatable bonds is 7. The summed E-state index contributed by atoms with van der Waals surface area (Å²) in [5, 5.41) is 2.37. The van der Waals surface area contributed by atoms with Crippen molar-refractivity contribution in [1.29, 1.82) is 0 Å². The van der Waals surface area contributed by atoms with E-state index in [4.69, 9.17) is 15.2 Å². The zero-order valence-electron chi connectivity index (χ0n) is 17.8. The van der Waals surface area contributed by atoms with Gasteiger partial charge in [-0.3, -0.25) is 9.59 Å². The number of nitrogens with one attached hydrogen (secondary N) is 1. The number of primary amides is 1. The predicted molar refractivity (Wildman–Crippen MR) is 112 cm³/mol. The summed E-state index contributed by atoms with van der Waals surface area (Å²) in [5.74, 6) is -9.12. The van der Waals surface area contributed by atoms with Crippen molar-refractivity contribution in [2.75, 3.05) is 12.4 Å². The van der Waals surface area contributed by atoms with Crippen molar-refractivity contribution in [2.24, 2.45) is 5.73 Å². The number of alkyl halides is 5. The molecular formula is C23H16F6N2O4. The third kappa shape index (κ3) is 5.48. The summed E-state index contributed by atoms with van der Waals surface area (Å²) in [7, 11) is 1.19. The summed E-state index contributed by atoms with van der Waals surface area (Å²) in [6.45, 7) is 0. The topological polar surface area (TPSA) is 90.7 Å². The summed E-state index contributed by atoms with van der Waals surface area (Å²) in [5.41, 5.74) is 3.37. The van der Waals surface area contributed by atoms with Crippen molar-refractivity contribution in [3.8, 4) is 17.2 Å². The largest absolute Gasteiger partial charge is 0.494 e. The molecule has 6 nitrogen and oxygen atoms in total. The van der Waals surface area contributed by atoms with Gasteiger partial charge in [0.15, 0.2) is 11.6 Å². The van der Waals surface area contributed by atoms with E-state index >= 15 is 0 Å². The van der Waals surface area contributed by atoms with Gasteiger partial charge < -0.3 is 20.5 Å². The Hall–Kier alpha value is -4.22. The number of nitrogens with two attached hydrogens (primary N) is 1. The third-order valence-electron chi connectivity index (χ3n) is 4.70. The van der Waals surface area contributed by atoms with Crippen LogP contribution in [-0.4, -0.2) is 25.1 Å². The van der Waals surface area contributed by atoms with Gasteiger partial charge in [-0.05, 0) is 42.5 Å². The molecular weight excluding hydrogens is 482 g/mol. The van der Waals surface area contributed by atoms with Gasteiger partial charge in [-0.15, -0.1) is 0 Å². The second kappa shape index (κ2) is 9.57. The number of carbonyl (C=O) groups is 2. The Morgan fingerprint density at radius 1 is 0.914 bits per heavy atom. The van der Waals surface area contributed by atoms with E-state index in [1.165, 1.54) is 31.4 Å². The van der Waals surface area contributed by atoms with E-state index in [0.717, 1.165) is 18.2 Å². The Labute approximate surface area is 194 Å². The van der Waals surface area contributed by atoms with Crippen LogP contribution in [0.2, 0.25) is 0 Å². The lowest BCUT2D eigenvalue weighted by Gasteiger charge is -2.21. The highest BCUT2D eigenvalue weighted by Gasteiger charge is 2.58. The van der Waals surface area contributed by atoms with Crippen LogP contribution in [0.3, 0.4) is 0 Å². The standard InChI is InChI=1S/C23H16F6N2O4/c1-34-18-8-6-15(11-17(18)24)35-19-10-13(22(25,26)23(27,28)29)5-7-16(19)21(33)31-14-4-2-3-12(9-14)20(30)32/h2-11H,1H3,(H2,30,32)(H,31,33). The molecule has 35 heavy (non-hydrogen) atoms. The fourth-order valence-corrected chi connectivity index (χ4v) is 2.94. The number of hydrogen-bond acceptors (Lipinski definition) is 4. The smallest absolute Gasteiger partial charge is 0.458 e. The van der Waals surface area contributed by atoms with E-state index in [1.54, 1.807) is 0 Å². The van der Waals surface area contributed by atoms with Crippen molar-refractivity contribution in [3.63, 3.8) is 0 Å².